The summed E-state index contributed by atoms with van der Waals surface area (Å²) in [5.41, 5.74) is 5.25. The fourth-order valence-electron chi connectivity index (χ4n) is 4.25. The summed E-state index contributed by atoms with van der Waals surface area (Å²) < 4.78 is 7.56. The summed E-state index contributed by atoms with van der Waals surface area (Å²) in [5.74, 6) is 0.947. The van der Waals surface area contributed by atoms with Crippen molar-refractivity contribution in [3.05, 3.63) is 59.4 Å². The van der Waals surface area contributed by atoms with E-state index in [2.05, 4.69) is 46.5 Å². The van der Waals surface area contributed by atoms with Gasteiger partial charge < -0.3 is 14.4 Å². The summed E-state index contributed by atoms with van der Waals surface area (Å²) in [6, 6.07) is 10.3. The molecule has 28 heavy (non-hydrogen) atoms. The number of nitrogens with zero attached hydrogens (tertiary/aromatic N) is 3. The molecule has 1 saturated heterocycles. The molecule has 1 aliphatic rings. The predicted molar refractivity (Wildman–Crippen MR) is 112 cm³/mol. The van der Waals surface area contributed by atoms with Crippen molar-refractivity contribution < 1.29 is 9.84 Å². The van der Waals surface area contributed by atoms with Crippen LogP contribution in [-0.2, 0) is 13.1 Å². The van der Waals surface area contributed by atoms with Crippen molar-refractivity contribution in [2.45, 2.75) is 45.4 Å². The third-order valence-electron chi connectivity index (χ3n) is 6.25. The minimum Gasteiger partial charge on any atom is -0.496 e. The van der Waals surface area contributed by atoms with Crippen molar-refractivity contribution in [3.63, 3.8) is 0 Å². The van der Waals surface area contributed by atoms with Crippen LogP contribution in [0.15, 0.2) is 42.7 Å². The van der Waals surface area contributed by atoms with Gasteiger partial charge in [0.2, 0.25) is 0 Å². The zero-order chi connectivity index (χ0) is 19.7. The summed E-state index contributed by atoms with van der Waals surface area (Å²) in [5, 5.41) is 11.2. The van der Waals surface area contributed by atoms with E-state index in [0.29, 0.717) is 6.54 Å². The highest BCUT2D eigenvalue weighted by Gasteiger charge is 2.33. The van der Waals surface area contributed by atoms with Crippen LogP contribution < -0.4 is 4.74 Å². The van der Waals surface area contributed by atoms with E-state index in [0.717, 1.165) is 49.3 Å². The molecular weight excluding hydrogens is 350 g/mol. The number of fused-ring (bicyclic) bond motifs is 1. The summed E-state index contributed by atoms with van der Waals surface area (Å²) >= 11 is 0. The Hall–Kier alpha value is -2.37. The van der Waals surface area contributed by atoms with Gasteiger partial charge in [-0.3, -0.25) is 9.88 Å². The van der Waals surface area contributed by atoms with E-state index in [4.69, 9.17) is 4.74 Å². The number of ether oxygens (including phenoxy) is 1. The van der Waals surface area contributed by atoms with Gasteiger partial charge in [-0.15, -0.1) is 0 Å². The Balaban J connectivity index is 1.41. The first-order chi connectivity index (χ1) is 13.5. The average Bonchev–Trinajstić information content (AvgIpc) is 3.10. The summed E-state index contributed by atoms with van der Waals surface area (Å²) in [6.45, 7) is 7.62. The van der Waals surface area contributed by atoms with Gasteiger partial charge in [0.1, 0.15) is 5.75 Å². The zero-order valence-corrected chi connectivity index (χ0v) is 17.0. The first-order valence-electron chi connectivity index (χ1n) is 9.97. The largest absolute Gasteiger partial charge is 0.496 e. The fraction of sp³-hybridized carbons (Fsp3) is 0.435. The second kappa shape index (κ2) is 7.57. The number of piperidine rings is 1. The molecule has 0 saturated carbocycles. The van der Waals surface area contributed by atoms with Crippen LogP contribution in [0.1, 0.15) is 29.5 Å². The monoisotopic (exact) mass is 379 g/mol. The predicted octanol–water partition coefficient (Wildman–Crippen LogP) is 3.69. The van der Waals surface area contributed by atoms with Crippen LogP contribution in [0.25, 0.3) is 11.0 Å². The number of pyridine rings is 1. The van der Waals surface area contributed by atoms with Crippen molar-refractivity contribution in [2.75, 3.05) is 20.2 Å². The highest BCUT2D eigenvalue weighted by atomic mass is 16.5. The number of rotatable bonds is 5. The Morgan fingerprint density at radius 3 is 2.64 bits per heavy atom. The molecule has 1 N–H and O–H groups in total. The molecule has 1 aliphatic heterocycles. The third-order valence-corrected chi connectivity index (χ3v) is 6.25. The van der Waals surface area contributed by atoms with Crippen molar-refractivity contribution in [1.82, 2.24) is 14.5 Å². The van der Waals surface area contributed by atoms with Gasteiger partial charge in [0.15, 0.2) is 0 Å². The van der Waals surface area contributed by atoms with E-state index < -0.39 is 5.60 Å². The molecule has 0 bridgehead atoms. The molecule has 0 spiro atoms. The van der Waals surface area contributed by atoms with Crippen LogP contribution in [0, 0.1) is 13.8 Å². The van der Waals surface area contributed by atoms with Gasteiger partial charge in [-0.25, -0.2) is 0 Å². The van der Waals surface area contributed by atoms with E-state index >= 15 is 0 Å². The summed E-state index contributed by atoms with van der Waals surface area (Å²) in [6.07, 6.45) is 5.40. The van der Waals surface area contributed by atoms with Gasteiger partial charge in [-0.2, -0.15) is 0 Å². The molecule has 4 rings (SSSR count). The van der Waals surface area contributed by atoms with E-state index in [1.165, 1.54) is 16.7 Å². The van der Waals surface area contributed by atoms with Crippen LogP contribution >= 0.6 is 0 Å². The van der Waals surface area contributed by atoms with Crippen LogP contribution in [0.3, 0.4) is 0 Å². The molecule has 0 unspecified atom stereocenters. The van der Waals surface area contributed by atoms with Crippen LogP contribution in [0.5, 0.6) is 5.75 Å². The standard InChI is InChI=1S/C23H29N3O2/c1-17-18(2)22(28-3)7-6-19(17)15-25-13-9-23(27,10-14-25)16-26-12-8-20-21(26)5-4-11-24-20/h4-8,11-12,27H,9-10,13-16H2,1-3H3. The average molecular weight is 380 g/mol. The lowest BCUT2D eigenvalue weighted by atomic mass is 9.90. The highest BCUT2D eigenvalue weighted by molar-refractivity contribution is 5.75. The van der Waals surface area contributed by atoms with Gasteiger partial charge in [0, 0.05) is 32.0 Å². The number of likely N-dealkylation sites (tertiary alicyclic amines) is 1. The highest BCUT2D eigenvalue weighted by Crippen LogP contribution is 2.29. The smallest absolute Gasteiger partial charge is 0.122 e. The van der Waals surface area contributed by atoms with Crippen LogP contribution in [-0.4, -0.2) is 45.4 Å². The van der Waals surface area contributed by atoms with Gasteiger partial charge in [0.05, 0.1) is 30.3 Å². The zero-order valence-electron chi connectivity index (χ0n) is 17.0. The number of benzene rings is 1. The third kappa shape index (κ3) is 3.64. The molecule has 5 heteroatoms. The first-order valence-corrected chi connectivity index (χ1v) is 9.97. The number of methoxy groups -OCH3 is 1. The van der Waals surface area contributed by atoms with Crippen LogP contribution in [0.2, 0.25) is 0 Å². The van der Waals surface area contributed by atoms with Crippen molar-refractivity contribution in [3.8, 4) is 5.75 Å². The molecule has 2 aromatic heterocycles. The lowest BCUT2D eigenvalue weighted by Gasteiger charge is -2.38. The maximum absolute atomic E-state index is 11.2. The van der Waals surface area contributed by atoms with E-state index in [9.17, 15) is 5.11 Å². The second-order valence-electron chi connectivity index (χ2n) is 8.03. The molecule has 0 radical (unpaired) electrons. The van der Waals surface area contributed by atoms with Gasteiger partial charge in [-0.1, -0.05) is 6.07 Å². The molecule has 5 nitrogen and oxygen atoms in total. The van der Waals surface area contributed by atoms with Crippen molar-refractivity contribution in [1.29, 1.82) is 0 Å². The van der Waals surface area contributed by atoms with Gasteiger partial charge in [-0.05, 0) is 67.6 Å². The minimum atomic E-state index is -0.664. The number of hydrogen-bond donors (Lipinski definition) is 1. The Bertz CT molecular complexity index is 971. The maximum atomic E-state index is 11.2. The molecule has 0 atom stereocenters. The number of aromatic nitrogens is 2. The molecule has 1 aromatic carbocycles. The number of aliphatic hydroxyl groups is 1. The molecule has 0 amide bonds. The van der Waals surface area contributed by atoms with E-state index in [1.54, 1.807) is 7.11 Å². The van der Waals surface area contributed by atoms with Gasteiger partial charge >= 0.3 is 0 Å². The quantitative estimate of drug-likeness (QED) is 0.735. The first kappa shape index (κ1) is 19.0. The lowest BCUT2D eigenvalue weighted by Crippen LogP contribution is -2.46. The van der Waals surface area contributed by atoms with Gasteiger partial charge in [0.25, 0.3) is 0 Å². The van der Waals surface area contributed by atoms with E-state index in [-0.39, 0.29) is 0 Å². The Kier molecular flexibility index (Phi) is 5.13. The lowest BCUT2D eigenvalue weighted by molar-refractivity contribution is -0.0349. The molecule has 3 heterocycles. The molecule has 0 aliphatic carbocycles. The number of hydrogen-bond acceptors (Lipinski definition) is 4. The summed E-state index contributed by atoms with van der Waals surface area (Å²) in [7, 11) is 1.72. The minimum absolute atomic E-state index is 0.622. The normalized spacial score (nSPS) is 17.1. The fourth-order valence-corrected chi connectivity index (χ4v) is 4.25. The Labute approximate surface area is 166 Å². The Morgan fingerprint density at radius 1 is 1.11 bits per heavy atom. The van der Waals surface area contributed by atoms with Crippen molar-refractivity contribution >= 4 is 11.0 Å². The topological polar surface area (TPSA) is 50.5 Å². The SMILES string of the molecule is COc1ccc(CN2CCC(O)(Cn3ccc4ncccc43)CC2)c(C)c1C. The summed E-state index contributed by atoms with van der Waals surface area (Å²) in [4.78, 5) is 6.83. The Morgan fingerprint density at radius 2 is 1.89 bits per heavy atom. The van der Waals surface area contributed by atoms with Crippen LogP contribution in [0.4, 0.5) is 0 Å². The van der Waals surface area contributed by atoms with E-state index in [1.807, 2.05) is 24.5 Å². The molecule has 148 valence electrons. The molecular formula is C23H29N3O2. The molecule has 3 aromatic rings. The second-order valence-corrected chi connectivity index (χ2v) is 8.03. The van der Waals surface area contributed by atoms with Crippen molar-refractivity contribution in [2.24, 2.45) is 0 Å². The molecule has 1 fully saturated rings. The maximum Gasteiger partial charge on any atom is 0.122 e.